The van der Waals surface area contributed by atoms with Gasteiger partial charge in [-0.2, -0.15) is 0 Å². The number of rotatable bonds is 2. The fourth-order valence-electron chi connectivity index (χ4n) is 2.03. The van der Waals surface area contributed by atoms with E-state index in [0.717, 1.165) is 25.7 Å². The summed E-state index contributed by atoms with van der Waals surface area (Å²) in [6.45, 7) is 5.77. The summed E-state index contributed by atoms with van der Waals surface area (Å²) in [5, 5.41) is 2.94. The fraction of sp³-hybridized carbons (Fsp3) is 0.769. The summed E-state index contributed by atoms with van der Waals surface area (Å²) in [6.07, 6.45) is 10.9. The van der Waals surface area contributed by atoms with Crippen LogP contribution in [0, 0.1) is 17.8 Å². The number of amides is 1. The van der Waals surface area contributed by atoms with Crippen LogP contribution >= 0.6 is 0 Å². The second-order valence-electron chi connectivity index (χ2n) is 5.34. The number of carbonyl (C=O) groups excluding carboxylic acids is 1. The Balaban J connectivity index is 2.64. The summed E-state index contributed by atoms with van der Waals surface area (Å²) in [4.78, 5) is 12.1. The first-order valence-corrected chi connectivity index (χ1v) is 5.70. The number of nitrogens with one attached hydrogen (secondary N) is 1. The van der Waals surface area contributed by atoms with Gasteiger partial charge < -0.3 is 5.32 Å². The predicted octanol–water partition coefficient (Wildman–Crippen LogP) is 2.48. The maximum absolute atomic E-state index is 12.1. The van der Waals surface area contributed by atoms with Crippen LogP contribution in [0.5, 0.6) is 0 Å². The van der Waals surface area contributed by atoms with Crippen molar-refractivity contribution in [2.75, 3.05) is 0 Å². The van der Waals surface area contributed by atoms with Gasteiger partial charge in [-0.1, -0.05) is 32.1 Å². The molecule has 2 nitrogen and oxygen atoms in total. The van der Waals surface area contributed by atoms with Gasteiger partial charge >= 0.3 is 0 Å². The molecule has 1 N–H and O–H groups in total. The van der Waals surface area contributed by atoms with Crippen molar-refractivity contribution in [2.45, 2.75) is 58.4 Å². The molecule has 0 bridgehead atoms. The molecule has 0 saturated heterocycles. The topological polar surface area (TPSA) is 29.1 Å². The maximum atomic E-state index is 12.1. The van der Waals surface area contributed by atoms with Crippen molar-refractivity contribution in [1.82, 2.24) is 5.32 Å². The van der Waals surface area contributed by atoms with Gasteiger partial charge in [-0.25, -0.2) is 0 Å². The molecule has 0 aromatic rings. The Morgan fingerprint density at radius 1 is 1.33 bits per heavy atom. The monoisotopic (exact) mass is 207 g/mol. The fourth-order valence-corrected chi connectivity index (χ4v) is 2.03. The first-order valence-electron chi connectivity index (χ1n) is 5.70. The Morgan fingerprint density at radius 3 is 2.33 bits per heavy atom. The second-order valence-corrected chi connectivity index (χ2v) is 5.34. The van der Waals surface area contributed by atoms with E-state index in [2.05, 4.69) is 11.2 Å². The highest BCUT2D eigenvalue weighted by atomic mass is 16.2. The summed E-state index contributed by atoms with van der Waals surface area (Å²) in [5.41, 5.74) is -0.732. The van der Waals surface area contributed by atoms with Crippen LogP contribution in [0.1, 0.15) is 52.9 Å². The normalized spacial score (nSPS) is 20.4. The molecule has 0 heterocycles. The quantitative estimate of drug-likeness (QED) is 0.692. The van der Waals surface area contributed by atoms with E-state index in [1.807, 2.05) is 20.8 Å². The molecule has 84 valence electrons. The van der Waals surface area contributed by atoms with Gasteiger partial charge in [-0.05, 0) is 26.7 Å². The minimum atomic E-state index is -0.530. The lowest BCUT2D eigenvalue weighted by molar-refractivity contribution is -0.133. The first kappa shape index (κ1) is 12.1. The number of carbonyl (C=O) groups is 1. The van der Waals surface area contributed by atoms with Gasteiger partial charge in [-0.15, -0.1) is 6.42 Å². The molecule has 1 fully saturated rings. The summed E-state index contributed by atoms with van der Waals surface area (Å²) in [7, 11) is 0. The van der Waals surface area contributed by atoms with E-state index >= 15 is 0 Å². The number of hydrogen-bond donors (Lipinski definition) is 1. The summed E-state index contributed by atoms with van der Waals surface area (Å²) in [5.74, 6) is 2.71. The SMILES string of the molecule is C#CC(C)(C)NC(=O)C1(C)CCCCC1. The van der Waals surface area contributed by atoms with E-state index in [-0.39, 0.29) is 11.3 Å². The second kappa shape index (κ2) is 4.26. The van der Waals surface area contributed by atoms with Crippen LogP contribution in [0.25, 0.3) is 0 Å². The summed E-state index contributed by atoms with van der Waals surface area (Å²) in [6, 6.07) is 0. The van der Waals surface area contributed by atoms with Crippen LogP contribution in [-0.4, -0.2) is 11.4 Å². The van der Waals surface area contributed by atoms with Crippen molar-refractivity contribution in [2.24, 2.45) is 5.41 Å². The van der Waals surface area contributed by atoms with Gasteiger partial charge in [0.15, 0.2) is 0 Å². The van der Waals surface area contributed by atoms with Crippen molar-refractivity contribution < 1.29 is 4.79 Å². The molecule has 1 saturated carbocycles. The lowest BCUT2D eigenvalue weighted by atomic mass is 9.74. The molecule has 2 heteroatoms. The Labute approximate surface area is 92.8 Å². The van der Waals surface area contributed by atoms with Crippen molar-refractivity contribution in [3.8, 4) is 12.3 Å². The van der Waals surface area contributed by atoms with Crippen LogP contribution in [0.3, 0.4) is 0 Å². The zero-order chi connectivity index (χ0) is 11.5. The molecule has 15 heavy (non-hydrogen) atoms. The Morgan fingerprint density at radius 2 is 1.87 bits per heavy atom. The highest BCUT2D eigenvalue weighted by Gasteiger charge is 2.36. The largest absolute Gasteiger partial charge is 0.340 e. The van der Waals surface area contributed by atoms with Crippen LogP contribution < -0.4 is 5.32 Å². The number of terminal acetylenes is 1. The molecule has 0 aliphatic heterocycles. The smallest absolute Gasteiger partial charge is 0.227 e. The molecule has 1 aliphatic rings. The molecule has 1 aliphatic carbocycles. The minimum Gasteiger partial charge on any atom is -0.340 e. The van der Waals surface area contributed by atoms with E-state index < -0.39 is 5.54 Å². The Hall–Kier alpha value is -0.970. The van der Waals surface area contributed by atoms with E-state index in [1.54, 1.807) is 0 Å². The number of hydrogen-bond acceptors (Lipinski definition) is 1. The van der Waals surface area contributed by atoms with Crippen LogP contribution in [-0.2, 0) is 4.79 Å². The third-order valence-corrected chi connectivity index (χ3v) is 3.29. The molecule has 0 unspecified atom stereocenters. The average molecular weight is 207 g/mol. The molecule has 0 spiro atoms. The molecule has 0 aromatic carbocycles. The molecular formula is C13H21NO. The maximum Gasteiger partial charge on any atom is 0.227 e. The first-order chi connectivity index (χ1) is 6.90. The lowest BCUT2D eigenvalue weighted by Crippen LogP contribution is -2.49. The van der Waals surface area contributed by atoms with Crippen molar-refractivity contribution >= 4 is 5.91 Å². The molecule has 1 rings (SSSR count). The van der Waals surface area contributed by atoms with E-state index in [9.17, 15) is 4.79 Å². The third kappa shape index (κ3) is 2.99. The van der Waals surface area contributed by atoms with Gasteiger partial charge in [0.25, 0.3) is 0 Å². The highest BCUT2D eigenvalue weighted by molar-refractivity contribution is 5.83. The minimum absolute atomic E-state index is 0.116. The van der Waals surface area contributed by atoms with Crippen LogP contribution in [0.15, 0.2) is 0 Å². The zero-order valence-electron chi connectivity index (χ0n) is 10.0. The van der Waals surface area contributed by atoms with E-state index in [0.29, 0.717) is 0 Å². The van der Waals surface area contributed by atoms with Gasteiger partial charge in [-0.3, -0.25) is 4.79 Å². The Bertz CT molecular complexity index is 279. The van der Waals surface area contributed by atoms with Crippen molar-refractivity contribution in [1.29, 1.82) is 0 Å². The molecule has 1 amide bonds. The highest BCUT2D eigenvalue weighted by Crippen LogP contribution is 2.36. The summed E-state index contributed by atoms with van der Waals surface area (Å²) >= 11 is 0. The standard InChI is InChI=1S/C13H21NO/c1-5-12(2,3)14-11(15)13(4)9-7-6-8-10-13/h1H,6-10H2,2-4H3,(H,14,15). The summed E-state index contributed by atoms with van der Waals surface area (Å²) < 4.78 is 0. The molecule has 0 radical (unpaired) electrons. The van der Waals surface area contributed by atoms with Gasteiger partial charge in [0.05, 0.1) is 5.54 Å². The van der Waals surface area contributed by atoms with E-state index in [4.69, 9.17) is 6.42 Å². The molecular weight excluding hydrogens is 186 g/mol. The van der Waals surface area contributed by atoms with E-state index in [1.165, 1.54) is 6.42 Å². The van der Waals surface area contributed by atoms with Gasteiger partial charge in [0.1, 0.15) is 0 Å². The van der Waals surface area contributed by atoms with Crippen LogP contribution in [0.2, 0.25) is 0 Å². The third-order valence-electron chi connectivity index (χ3n) is 3.29. The lowest BCUT2D eigenvalue weighted by Gasteiger charge is -2.34. The van der Waals surface area contributed by atoms with Crippen molar-refractivity contribution in [3.63, 3.8) is 0 Å². The molecule has 0 aromatic heterocycles. The Kier molecular flexibility index (Phi) is 3.44. The van der Waals surface area contributed by atoms with Gasteiger partial charge in [0, 0.05) is 5.41 Å². The molecule has 0 atom stereocenters. The van der Waals surface area contributed by atoms with Crippen molar-refractivity contribution in [3.05, 3.63) is 0 Å². The van der Waals surface area contributed by atoms with Gasteiger partial charge in [0.2, 0.25) is 5.91 Å². The average Bonchev–Trinajstić information content (AvgIpc) is 2.18. The predicted molar refractivity (Wildman–Crippen MR) is 62.2 cm³/mol. The zero-order valence-corrected chi connectivity index (χ0v) is 10.0. The van der Waals surface area contributed by atoms with Crippen LogP contribution in [0.4, 0.5) is 0 Å².